The number of fused-ring (bicyclic) bond motifs is 2. The van der Waals surface area contributed by atoms with Crippen molar-refractivity contribution in [3.63, 3.8) is 0 Å². The minimum absolute atomic E-state index is 0.0910. The number of nitrogens with one attached hydrogen (secondary N) is 1. The summed E-state index contributed by atoms with van der Waals surface area (Å²) in [7, 11) is 0. The number of carbonyl (C=O) groups is 2. The molecular weight excluding hydrogens is 246 g/mol. The van der Waals surface area contributed by atoms with Gasteiger partial charge in [-0.2, -0.15) is 0 Å². The Morgan fingerprint density at radius 2 is 1.89 bits per heavy atom. The van der Waals surface area contributed by atoms with Crippen LogP contribution in [0.2, 0.25) is 0 Å². The molecule has 19 heavy (non-hydrogen) atoms. The van der Waals surface area contributed by atoms with Gasteiger partial charge in [-0.05, 0) is 31.1 Å². The first-order valence-corrected chi connectivity index (χ1v) is 6.44. The zero-order valence-corrected chi connectivity index (χ0v) is 10.3. The number of aromatic nitrogens is 2. The fourth-order valence-corrected chi connectivity index (χ4v) is 3.42. The maximum atomic E-state index is 12.0. The molecule has 6 nitrogen and oxygen atoms in total. The third-order valence-corrected chi connectivity index (χ3v) is 4.31. The summed E-state index contributed by atoms with van der Waals surface area (Å²) in [6.45, 7) is 0. The van der Waals surface area contributed by atoms with E-state index in [-0.39, 0.29) is 23.8 Å². The first kappa shape index (κ1) is 12.1. The highest BCUT2D eigenvalue weighted by Gasteiger charge is 2.49. The van der Waals surface area contributed by atoms with Crippen LogP contribution < -0.4 is 5.32 Å². The Labute approximate surface area is 110 Å². The van der Waals surface area contributed by atoms with Crippen molar-refractivity contribution in [2.45, 2.75) is 25.3 Å². The van der Waals surface area contributed by atoms with Crippen molar-refractivity contribution >= 4 is 11.9 Å². The van der Waals surface area contributed by atoms with E-state index in [4.69, 9.17) is 5.11 Å². The lowest BCUT2D eigenvalue weighted by atomic mass is 9.86. The lowest BCUT2D eigenvalue weighted by Crippen LogP contribution is -2.40. The summed E-state index contributed by atoms with van der Waals surface area (Å²) in [5.74, 6) is -0.600. The second kappa shape index (κ2) is 4.60. The SMILES string of the molecule is O=C(N[C@@H]1C[C@H]2C[C@@H]1C[C@H]2C(=O)O)c1cncnc1. The molecule has 100 valence electrons. The zero-order chi connectivity index (χ0) is 13.4. The molecule has 2 fully saturated rings. The Hall–Kier alpha value is -1.98. The van der Waals surface area contributed by atoms with Crippen LogP contribution in [-0.4, -0.2) is 33.0 Å². The number of hydrogen-bond acceptors (Lipinski definition) is 4. The smallest absolute Gasteiger partial charge is 0.306 e. The van der Waals surface area contributed by atoms with Crippen LogP contribution in [-0.2, 0) is 4.79 Å². The Morgan fingerprint density at radius 3 is 2.47 bits per heavy atom. The summed E-state index contributed by atoms with van der Waals surface area (Å²) < 4.78 is 0. The van der Waals surface area contributed by atoms with E-state index in [9.17, 15) is 9.59 Å². The number of carboxylic acids is 1. The molecule has 0 aromatic carbocycles. The van der Waals surface area contributed by atoms with Crippen LogP contribution >= 0.6 is 0 Å². The molecule has 2 aliphatic rings. The second-order valence-electron chi connectivity index (χ2n) is 5.38. The van der Waals surface area contributed by atoms with Crippen molar-refractivity contribution in [3.05, 3.63) is 24.3 Å². The predicted molar refractivity (Wildman–Crippen MR) is 65.2 cm³/mol. The topological polar surface area (TPSA) is 92.2 Å². The van der Waals surface area contributed by atoms with Crippen LogP contribution in [0.5, 0.6) is 0 Å². The maximum absolute atomic E-state index is 12.0. The second-order valence-corrected chi connectivity index (χ2v) is 5.38. The van der Waals surface area contributed by atoms with Gasteiger partial charge in [0, 0.05) is 18.4 Å². The minimum atomic E-state index is -0.700. The van der Waals surface area contributed by atoms with Gasteiger partial charge in [-0.15, -0.1) is 0 Å². The predicted octanol–water partition coefficient (Wildman–Crippen LogP) is 0.706. The average Bonchev–Trinajstić information content (AvgIpc) is 2.99. The van der Waals surface area contributed by atoms with E-state index in [0.717, 1.165) is 12.8 Å². The number of nitrogens with zero attached hydrogens (tertiary/aromatic N) is 2. The largest absolute Gasteiger partial charge is 0.481 e. The van der Waals surface area contributed by atoms with Gasteiger partial charge in [0.2, 0.25) is 0 Å². The lowest BCUT2D eigenvalue weighted by molar-refractivity contribution is -0.143. The molecule has 3 rings (SSSR count). The van der Waals surface area contributed by atoms with Crippen molar-refractivity contribution in [2.24, 2.45) is 17.8 Å². The van der Waals surface area contributed by atoms with Crippen LogP contribution in [0, 0.1) is 17.8 Å². The van der Waals surface area contributed by atoms with Crippen molar-refractivity contribution in [1.82, 2.24) is 15.3 Å². The minimum Gasteiger partial charge on any atom is -0.481 e. The average molecular weight is 261 g/mol. The molecule has 0 aliphatic heterocycles. The number of rotatable bonds is 3. The molecule has 1 amide bonds. The van der Waals surface area contributed by atoms with Gasteiger partial charge in [0.1, 0.15) is 6.33 Å². The molecule has 2 aliphatic carbocycles. The zero-order valence-electron chi connectivity index (χ0n) is 10.3. The fraction of sp³-hybridized carbons (Fsp3) is 0.538. The van der Waals surface area contributed by atoms with Gasteiger partial charge in [0.25, 0.3) is 5.91 Å². The first-order chi connectivity index (χ1) is 9.15. The molecule has 1 heterocycles. The molecule has 6 heteroatoms. The molecule has 0 saturated heterocycles. The van der Waals surface area contributed by atoms with E-state index in [1.807, 2.05) is 0 Å². The Morgan fingerprint density at radius 1 is 1.16 bits per heavy atom. The van der Waals surface area contributed by atoms with Crippen LogP contribution in [0.25, 0.3) is 0 Å². The van der Waals surface area contributed by atoms with E-state index in [2.05, 4.69) is 15.3 Å². The summed E-state index contributed by atoms with van der Waals surface area (Å²) in [6.07, 6.45) is 6.70. The van der Waals surface area contributed by atoms with Gasteiger partial charge in [0.15, 0.2) is 0 Å². The van der Waals surface area contributed by atoms with Gasteiger partial charge in [-0.3, -0.25) is 9.59 Å². The number of aliphatic carboxylic acids is 1. The van der Waals surface area contributed by atoms with Gasteiger partial charge in [-0.1, -0.05) is 0 Å². The number of hydrogen-bond donors (Lipinski definition) is 2. The standard InChI is InChI=1S/C13H15N3O3/c17-12(9-4-14-6-15-5-9)16-11-3-7-1-8(11)2-10(7)13(18)19/h4-8,10-11H,1-3H2,(H,16,17)(H,18,19)/t7-,8-,10-,11-/m1/s1. The highest BCUT2D eigenvalue weighted by Crippen LogP contribution is 2.48. The van der Waals surface area contributed by atoms with E-state index >= 15 is 0 Å². The van der Waals surface area contributed by atoms with Crippen LogP contribution in [0.3, 0.4) is 0 Å². The first-order valence-electron chi connectivity index (χ1n) is 6.44. The normalized spacial score (nSPS) is 32.2. The summed E-state index contributed by atoms with van der Waals surface area (Å²) in [5, 5.41) is 12.1. The fourth-order valence-electron chi connectivity index (χ4n) is 3.42. The highest BCUT2D eigenvalue weighted by molar-refractivity contribution is 5.93. The Balaban J connectivity index is 1.62. The molecule has 2 N–H and O–H groups in total. The monoisotopic (exact) mass is 261 g/mol. The molecule has 1 aromatic rings. The van der Waals surface area contributed by atoms with E-state index in [1.54, 1.807) is 0 Å². The van der Waals surface area contributed by atoms with Gasteiger partial charge in [0.05, 0.1) is 11.5 Å². The quantitative estimate of drug-likeness (QED) is 0.835. The highest BCUT2D eigenvalue weighted by atomic mass is 16.4. The molecule has 0 spiro atoms. The van der Waals surface area contributed by atoms with Gasteiger partial charge >= 0.3 is 5.97 Å². The van der Waals surface area contributed by atoms with Crippen molar-refractivity contribution in [2.75, 3.05) is 0 Å². The maximum Gasteiger partial charge on any atom is 0.306 e. The molecule has 0 unspecified atom stereocenters. The Bertz CT molecular complexity index is 505. The van der Waals surface area contributed by atoms with E-state index < -0.39 is 5.97 Å². The molecule has 1 aromatic heterocycles. The number of amides is 1. The molecule has 0 radical (unpaired) electrons. The van der Waals surface area contributed by atoms with Gasteiger partial charge < -0.3 is 10.4 Å². The summed E-state index contributed by atoms with van der Waals surface area (Å²) >= 11 is 0. The summed E-state index contributed by atoms with van der Waals surface area (Å²) in [5.41, 5.74) is 0.444. The Kier molecular flexibility index (Phi) is 2.93. The van der Waals surface area contributed by atoms with Crippen LogP contribution in [0.4, 0.5) is 0 Å². The molecule has 4 atom stereocenters. The van der Waals surface area contributed by atoms with Crippen molar-refractivity contribution < 1.29 is 14.7 Å². The lowest BCUT2D eigenvalue weighted by Gasteiger charge is -2.26. The van der Waals surface area contributed by atoms with Crippen LogP contribution in [0.15, 0.2) is 18.7 Å². The van der Waals surface area contributed by atoms with E-state index in [0.29, 0.717) is 17.9 Å². The molecular formula is C13H15N3O3. The van der Waals surface area contributed by atoms with E-state index in [1.165, 1.54) is 18.7 Å². The molecule has 2 bridgehead atoms. The summed E-state index contributed by atoms with van der Waals surface area (Å²) in [4.78, 5) is 30.7. The third-order valence-electron chi connectivity index (χ3n) is 4.31. The number of carbonyl (C=O) groups excluding carboxylic acids is 1. The molecule has 2 saturated carbocycles. The van der Waals surface area contributed by atoms with Crippen molar-refractivity contribution in [1.29, 1.82) is 0 Å². The third kappa shape index (κ3) is 2.18. The van der Waals surface area contributed by atoms with Crippen molar-refractivity contribution in [3.8, 4) is 0 Å². The summed E-state index contributed by atoms with van der Waals surface area (Å²) in [6, 6.07) is 0.0910. The number of carboxylic acid groups (broad SMARTS) is 1. The van der Waals surface area contributed by atoms with Gasteiger partial charge in [-0.25, -0.2) is 9.97 Å². The van der Waals surface area contributed by atoms with Crippen LogP contribution in [0.1, 0.15) is 29.6 Å².